The zero-order chi connectivity index (χ0) is 15.6. The highest BCUT2D eigenvalue weighted by Crippen LogP contribution is 2.18. The van der Waals surface area contributed by atoms with Crippen molar-refractivity contribution < 1.29 is 0 Å². The van der Waals surface area contributed by atoms with Gasteiger partial charge in [-0.2, -0.15) is 5.10 Å². The first-order valence-electron chi connectivity index (χ1n) is 8.14. The molecule has 2 N–H and O–H groups in total. The summed E-state index contributed by atoms with van der Waals surface area (Å²) in [6.45, 7) is 5.83. The Morgan fingerprint density at radius 3 is 3.13 bits per heavy atom. The third kappa shape index (κ3) is 2.85. The van der Waals surface area contributed by atoms with Crippen LogP contribution in [0.5, 0.6) is 0 Å². The number of nitrogens with one attached hydrogen (secondary N) is 2. The molecule has 2 aromatic heterocycles. The topological polar surface area (TPSA) is 54.8 Å². The Kier molecular flexibility index (Phi) is 3.81. The third-order valence-corrected chi connectivity index (χ3v) is 4.49. The highest BCUT2D eigenvalue weighted by Gasteiger charge is 2.15. The van der Waals surface area contributed by atoms with Crippen LogP contribution in [0.4, 0.5) is 0 Å². The van der Waals surface area contributed by atoms with E-state index >= 15 is 0 Å². The van der Waals surface area contributed by atoms with Crippen molar-refractivity contribution in [3.05, 3.63) is 59.5 Å². The molecule has 3 heterocycles. The Bertz CT molecular complexity index is 823. The molecule has 0 amide bonds. The predicted octanol–water partition coefficient (Wildman–Crippen LogP) is 2.39. The summed E-state index contributed by atoms with van der Waals surface area (Å²) in [4.78, 5) is 4.77. The van der Waals surface area contributed by atoms with E-state index in [0.29, 0.717) is 0 Å². The van der Waals surface area contributed by atoms with E-state index in [-0.39, 0.29) is 6.04 Å². The van der Waals surface area contributed by atoms with Crippen LogP contribution in [-0.2, 0) is 19.6 Å². The van der Waals surface area contributed by atoms with Crippen molar-refractivity contribution in [1.82, 2.24) is 25.4 Å². The van der Waals surface area contributed by atoms with Gasteiger partial charge in [-0.25, -0.2) is 0 Å². The van der Waals surface area contributed by atoms with Crippen molar-refractivity contribution >= 4 is 10.9 Å². The van der Waals surface area contributed by atoms with Crippen LogP contribution in [0.15, 0.2) is 42.6 Å². The number of pyridine rings is 1. The Balaban J connectivity index is 1.48. The van der Waals surface area contributed by atoms with E-state index in [4.69, 9.17) is 4.98 Å². The standard InChI is InChI=1S/C18H21N5/c1-13(16-7-6-14-4-2-3-5-17(14)22-16)20-10-15-11-21-23-9-8-19-12-18(15)23/h2-7,11,13,19-20H,8-10,12H2,1H3. The minimum Gasteiger partial charge on any atom is -0.309 e. The van der Waals surface area contributed by atoms with Gasteiger partial charge in [0.2, 0.25) is 0 Å². The first kappa shape index (κ1) is 14.4. The molecule has 3 aromatic rings. The van der Waals surface area contributed by atoms with E-state index in [0.717, 1.165) is 37.4 Å². The van der Waals surface area contributed by atoms with E-state index in [2.05, 4.69) is 51.6 Å². The van der Waals surface area contributed by atoms with Gasteiger partial charge in [-0.05, 0) is 19.1 Å². The highest BCUT2D eigenvalue weighted by atomic mass is 15.3. The molecule has 23 heavy (non-hydrogen) atoms. The smallest absolute Gasteiger partial charge is 0.0706 e. The number of fused-ring (bicyclic) bond motifs is 2. The van der Waals surface area contributed by atoms with E-state index < -0.39 is 0 Å². The van der Waals surface area contributed by atoms with Gasteiger partial charge < -0.3 is 10.6 Å². The lowest BCUT2D eigenvalue weighted by Crippen LogP contribution is -2.29. The summed E-state index contributed by atoms with van der Waals surface area (Å²) in [5, 5.41) is 12.6. The van der Waals surface area contributed by atoms with E-state index in [1.165, 1.54) is 16.6 Å². The molecule has 0 bridgehead atoms. The molecule has 0 fully saturated rings. The van der Waals surface area contributed by atoms with E-state index in [9.17, 15) is 0 Å². The fourth-order valence-corrected chi connectivity index (χ4v) is 3.08. The summed E-state index contributed by atoms with van der Waals surface area (Å²) in [6.07, 6.45) is 1.98. The quantitative estimate of drug-likeness (QED) is 0.777. The molecule has 1 aliphatic heterocycles. The third-order valence-electron chi connectivity index (χ3n) is 4.49. The Hall–Kier alpha value is -2.24. The van der Waals surface area contributed by atoms with Gasteiger partial charge in [0.25, 0.3) is 0 Å². The lowest BCUT2D eigenvalue weighted by molar-refractivity contribution is 0.470. The van der Waals surface area contributed by atoms with Crippen molar-refractivity contribution in [2.75, 3.05) is 6.54 Å². The van der Waals surface area contributed by atoms with Gasteiger partial charge in [-0.15, -0.1) is 0 Å². The Morgan fingerprint density at radius 1 is 1.26 bits per heavy atom. The maximum Gasteiger partial charge on any atom is 0.0706 e. The molecule has 1 aromatic carbocycles. The molecule has 0 aliphatic carbocycles. The molecule has 4 rings (SSSR count). The summed E-state index contributed by atoms with van der Waals surface area (Å²) in [5.74, 6) is 0. The minimum absolute atomic E-state index is 0.201. The second kappa shape index (κ2) is 6.10. The summed E-state index contributed by atoms with van der Waals surface area (Å²) >= 11 is 0. The van der Waals surface area contributed by atoms with Crippen molar-refractivity contribution in [1.29, 1.82) is 0 Å². The second-order valence-electron chi connectivity index (χ2n) is 6.05. The number of para-hydroxylation sites is 1. The molecule has 0 spiro atoms. The SMILES string of the molecule is CC(NCc1cnn2c1CNCC2)c1ccc2ccccc2n1. The maximum absolute atomic E-state index is 4.77. The number of hydrogen-bond acceptors (Lipinski definition) is 4. The molecule has 5 nitrogen and oxygen atoms in total. The van der Waals surface area contributed by atoms with Gasteiger partial charge in [-0.1, -0.05) is 24.3 Å². The normalized spacial score (nSPS) is 15.5. The van der Waals surface area contributed by atoms with Crippen LogP contribution in [0, 0.1) is 0 Å². The molecular weight excluding hydrogens is 286 g/mol. The average molecular weight is 307 g/mol. The highest BCUT2D eigenvalue weighted by molar-refractivity contribution is 5.78. The van der Waals surface area contributed by atoms with Crippen LogP contribution in [0.3, 0.4) is 0 Å². The number of aromatic nitrogens is 3. The van der Waals surface area contributed by atoms with Crippen LogP contribution in [0.25, 0.3) is 10.9 Å². The zero-order valence-electron chi connectivity index (χ0n) is 13.3. The van der Waals surface area contributed by atoms with Crippen molar-refractivity contribution in [2.24, 2.45) is 0 Å². The second-order valence-corrected chi connectivity index (χ2v) is 6.05. The molecule has 0 saturated heterocycles. The lowest BCUT2D eigenvalue weighted by atomic mass is 10.1. The molecule has 1 atom stereocenters. The van der Waals surface area contributed by atoms with Crippen LogP contribution < -0.4 is 10.6 Å². The molecule has 118 valence electrons. The number of benzene rings is 1. The van der Waals surface area contributed by atoms with Gasteiger partial charge in [0, 0.05) is 36.6 Å². The average Bonchev–Trinajstić information content (AvgIpc) is 3.02. The molecular formula is C18H21N5. The van der Waals surface area contributed by atoms with Gasteiger partial charge in [0.15, 0.2) is 0 Å². The van der Waals surface area contributed by atoms with Crippen molar-refractivity contribution in [3.63, 3.8) is 0 Å². The number of rotatable bonds is 4. The number of nitrogens with zero attached hydrogens (tertiary/aromatic N) is 3. The molecule has 0 saturated carbocycles. The van der Waals surface area contributed by atoms with Gasteiger partial charge in [0.05, 0.1) is 29.6 Å². The Labute approximate surface area is 135 Å². The van der Waals surface area contributed by atoms with Crippen LogP contribution in [0.1, 0.15) is 29.9 Å². The van der Waals surface area contributed by atoms with Crippen LogP contribution in [0.2, 0.25) is 0 Å². The van der Waals surface area contributed by atoms with Gasteiger partial charge in [0.1, 0.15) is 0 Å². The molecule has 1 aliphatic rings. The fraction of sp³-hybridized carbons (Fsp3) is 0.333. The lowest BCUT2D eigenvalue weighted by Gasteiger charge is -2.18. The molecule has 0 radical (unpaired) electrons. The van der Waals surface area contributed by atoms with E-state index in [1.54, 1.807) is 0 Å². The predicted molar refractivity (Wildman–Crippen MR) is 90.9 cm³/mol. The van der Waals surface area contributed by atoms with Crippen molar-refractivity contribution in [3.8, 4) is 0 Å². The van der Waals surface area contributed by atoms with Gasteiger partial charge in [-0.3, -0.25) is 9.67 Å². The first-order valence-corrected chi connectivity index (χ1v) is 8.14. The van der Waals surface area contributed by atoms with Crippen molar-refractivity contribution in [2.45, 2.75) is 32.6 Å². The first-order chi connectivity index (χ1) is 11.3. The van der Waals surface area contributed by atoms with Gasteiger partial charge >= 0.3 is 0 Å². The fourth-order valence-electron chi connectivity index (χ4n) is 3.08. The maximum atomic E-state index is 4.77. The number of hydrogen-bond donors (Lipinski definition) is 2. The molecule has 1 unspecified atom stereocenters. The largest absolute Gasteiger partial charge is 0.309 e. The monoisotopic (exact) mass is 307 g/mol. The van der Waals surface area contributed by atoms with E-state index in [1.807, 2.05) is 18.3 Å². The minimum atomic E-state index is 0.201. The Morgan fingerprint density at radius 2 is 2.17 bits per heavy atom. The summed E-state index contributed by atoms with van der Waals surface area (Å²) < 4.78 is 2.10. The van der Waals surface area contributed by atoms with Crippen LogP contribution in [-0.4, -0.2) is 21.3 Å². The molecule has 5 heteroatoms. The summed E-state index contributed by atoms with van der Waals surface area (Å²) in [5.41, 5.74) is 4.68. The zero-order valence-corrected chi connectivity index (χ0v) is 13.3. The summed E-state index contributed by atoms with van der Waals surface area (Å²) in [6, 6.07) is 12.7. The van der Waals surface area contributed by atoms with Crippen LogP contribution >= 0.6 is 0 Å². The summed E-state index contributed by atoms with van der Waals surface area (Å²) in [7, 11) is 0.